The molecule has 0 spiro atoms. The Morgan fingerprint density at radius 1 is 0.848 bits per heavy atom. The van der Waals surface area contributed by atoms with E-state index >= 15 is 0 Å². The molecular weight excluding hydrogens is 472 g/mol. The van der Waals surface area contributed by atoms with Crippen LogP contribution in [0.5, 0.6) is 0 Å². The van der Waals surface area contributed by atoms with Crippen LogP contribution >= 0.6 is 12.2 Å². The van der Waals surface area contributed by atoms with Crippen LogP contribution in [0.3, 0.4) is 0 Å². The third-order valence-corrected chi connectivity index (χ3v) is 4.61. The molecule has 0 aliphatic heterocycles. The zero-order valence-electron chi connectivity index (χ0n) is 16.0. The lowest BCUT2D eigenvalue weighted by atomic mass is 10.1. The second-order valence-electron chi connectivity index (χ2n) is 6.56. The van der Waals surface area contributed by atoms with E-state index in [1.807, 2.05) is 0 Å². The van der Waals surface area contributed by atoms with Crippen molar-refractivity contribution < 1.29 is 35.6 Å². The van der Waals surface area contributed by atoms with Gasteiger partial charge in [0.2, 0.25) is 11.7 Å². The first-order valence-electron chi connectivity index (χ1n) is 8.96. The van der Waals surface area contributed by atoms with Gasteiger partial charge < -0.3 is 9.73 Å². The molecule has 0 fully saturated rings. The second-order valence-corrected chi connectivity index (χ2v) is 6.97. The molecule has 12 heteroatoms. The van der Waals surface area contributed by atoms with Gasteiger partial charge >= 0.3 is 0 Å². The molecule has 3 aromatic carbocycles. The predicted octanol–water partition coefficient (Wildman–Crippen LogP) is 5.46. The molecule has 2 N–H and O–H groups in total. The van der Waals surface area contributed by atoms with Gasteiger partial charge in [0, 0.05) is 11.3 Å². The lowest BCUT2D eigenvalue weighted by molar-refractivity contribution is 0.0977. The summed E-state index contributed by atoms with van der Waals surface area (Å²) in [5.41, 5.74) is -0.893. The van der Waals surface area contributed by atoms with Gasteiger partial charge in [-0.25, -0.2) is 31.3 Å². The number of hydrogen-bond donors (Lipinski definition) is 2. The van der Waals surface area contributed by atoms with E-state index < -0.39 is 52.3 Å². The summed E-state index contributed by atoms with van der Waals surface area (Å²) in [6.07, 6.45) is 0. The minimum absolute atomic E-state index is 0.00611. The fraction of sp³-hybridized carbons (Fsp3) is 0. The maximum atomic E-state index is 14.0. The van der Waals surface area contributed by atoms with Crippen LogP contribution in [-0.4, -0.2) is 16.0 Å². The number of amides is 1. The molecule has 0 aliphatic carbocycles. The van der Waals surface area contributed by atoms with E-state index in [-0.39, 0.29) is 27.5 Å². The quantitative estimate of drug-likeness (QED) is 0.176. The monoisotopic (exact) mass is 481 g/mol. The van der Waals surface area contributed by atoms with E-state index in [2.05, 4.69) is 15.6 Å². The normalized spacial score (nSPS) is 11.0. The molecule has 5 nitrogen and oxygen atoms in total. The lowest BCUT2D eigenvalue weighted by Crippen LogP contribution is -2.34. The summed E-state index contributed by atoms with van der Waals surface area (Å²) in [4.78, 5) is 15.9. The number of nitrogens with one attached hydrogen (secondary N) is 2. The lowest BCUT2D eigenvalue weighted by Gasteiger charge is -2.09. The van der Waals surface area contributed by atoms with Gasteiger partial charge in [-0.3, -0.25) is 10.1 Å². The predicted molar refractivity (Wildman–Crippen MR) is 109 cm³/mol. The van der Waals surface area contributed by atoms with Crippen LogP contribution in [0.25, 0.3) is 22.6 Å². The summed E-state index contributed by atoms with van der Waals surface area (Å²) in [6, 6.07) is 8.75. The Labute approximate surface area is 186 Å². The van der Waals surface area contributed by atoms with Crippen LogP contribution in [0.1, 0.15) is 10.4 Å². The fourth-order valence-corrected chi connectivity index (χ4v) is 3.05. The molecule has 0 atom stereocenters. The highest BCUT2D eigenvalue weighted by Gasteiger charge is 2.29. The van der Waals surface area contributed by atoms with Crippen LogP contribution in [0.2, 0.25) is 0 Å². The first-order valence-corrected chi connectivity index (χ1v) is 9.37. The van der Waals surface area contributed by atoms with E-state index in [4.69, 9.17) is 16.6 Å². The van der Waals surface area contributed by atoms with Crippen molar-refractivity contribution in [3.63, 3.8) is 0 Å². The van der Waals surface area contributed by atoms with Gasteiger partial charge in [-0.05, 0) is 54.7 Å². The van der Waals surface area contributed by atoms with Gasteiger partial charge in [-0.15, -0.1) is 0 Å². The summed E-state index contributed by atoms with van der Waals surface area (Å²) in [7, 11) is 0. The second kappa shape index (κ2) is 8.54. The molecule has 33 heavy (non-hydrogen) atoms. The number of fused-ring (bicyclic) bond motifs is 1. The summed E-state index contributed by atoms with van der Waals surface area (Å²) >= 11 is 5.04. The molecule has 0 unspecified atom stereocenters. The zero-order valence-corrected chi connectivity index (χ0v) is 16.8. The van der Waals surface area contributed by atoms with Crippen LogP contribution in [-0.2, 0) is 0 Å². The van der Waals surface area contributed by atoms with E-state index in [0.29, 0.717) is 0 Å². The van der Waals surface area contributed by atoms with Crippen LogP contribution in [0.4, 0.5) is 32.0 Å². The van der Waals surface area contributed by atoms with Crippen molar-refractivity contribution in [2.45, 2.75) is 0 Å². The van der Waals surface area contributed by atoms with Gasteiger partial charge in [-0.1, -0.05) is 0 Å². The Bertz CT molecular complexity index is 1390. The standard InChI is InChI=1S/C21H9F6N3O2S/c22-9-3-1-8(2-4-9)19(31)30-21(33)28-10-5-6-12-11(7-10)29-20(32-12)13-14(23)16(25)18(27)17(26)15(13)24/h1-7H,(H2,28,30,31,33). The minimum Gasteiger partial charge on any atom is -0.436 e. The fourth-order valence-electron chi connectivity index (χ4n) is 2.84. The molecule has 4 rings (SSSR count). The molecule has 1 heterocycles. The average Bonchev–Trinajstić information content (AvgIpc) is 3.19. The first kappa shape index (κ1) is 22.3. The summed E-state index contributed by atoms with van der Waals surface area (Å²) in [5, 5.41) is 4.91. The maximum Gasteiger partial charge on any atom is 0.257 e. The summed E-state index contributed by atoms with van der Waals surface area (Å²) in [6.45, 7) is 0. The van der Waals surface area contributed by atoms with Crippen molar-refractivity contribution in [1.82, 2.24) is 10.3 Å². The Morgan fingerprint density at radius 3 is 2.09 bits per heavy atom. The topological polar surface area (TPSA) is 67.2 Å². The van der Waals surface area contributed by atoms with E-state index in [0.717, 1.165) is 12.1 Å². The molecule has 1 amide bonds. The van der Waals surface area contributed by atoms with Crippen LogP contribution in [0, 0.1) is 34.9 Å². The number of nitrogens with zero attached hydrogens (tertiary/aromatic N) is 1. The molecule has 0 saturated carbocycles. The Balaban J connectivity index is 1.57. The highest BCUT2D eigenvalue weighted by atomic mass is 32.1. The number of benzene rings is 3. The van der Waals surface area contributed by atoms with Crippen molar-refractivity contribution in [1.29, 1.82) is 0 Å². The first-order chi connectivity index (χ1) is 15.7. The minimum atomic E-state index is -2.30. The van der Waals surface area contributed by atoms with Crippen molar-refractivity contribution in [3.05, 3.63) is 82.9 Å². The van der Waals surface area contributed by atoms with E-state index in [1.165, 1.54) is 30.3 Å². The third-order valence-electron chi connectivity index (χ3n) is 4.40. The Kier molecular flexibility index (Phi) is 5.77. The largest absolute Gasteiger partial charge is 0.436 e. The molecule has 0 radical (unpaired) electrons. The van der Waals surface area contributed by atoms with Crippen LogP contribution in [0.15, 0.2) is 46.9 Å². The number of anilines is 1. The van der Waals surface area contributed by atoms with Gasteiger partial charge in [-0.2, -0.15) is 0 Å². The SMILES string of the molecule is O=C(NC(=S)Nc1ccc2oc(-c3c(F)c(F)c(F)c(F)c3F)nc2c1)c1ccc(F)cc1. The molecule has 0 aliphatic rings. The number of thiocarbonyl (C=S) groups is 1. The molecule has 4 aromatic rings. The Hall–Kier alpha value is -3.93. The number of carbonyl (C=O) groups is 1. The molecular formula is C21H9F6N3O2S. The molecule has 0 saturated heterocycles. The van der Waals surface area contributed by atoms with Gasteiger partial charge in [0.15, 0.2) is 34.0 Å². The van der Waals surface area contributed by atoms with Crippen molar-refractivity contribution >= 4 is 40.0 Å². The molecule has 0 bridgehead atoms. The van der Waals surface area contributed by atoms with E-state index in [1.54, 1.807) is 0 Å². The highest BCUT2D eigenvalue weighted by Crippen LogP contribution is 2.33. The van der Waals surface area contributed by atoms with E-state index in [9.17, 15) is 31.1 Å². The third kappa shape index (κ3) is 4.24. The Morgan fingerprint density at radius 2 is 1.45 bits per heavy atom. The maximum absolute atomic E-state index is 14.0. The van der Waals surface area contributed by atoms with Crippen molar-refractivity contribution in [3.8, 4) is 11.5 Å². The van der Waals surface area contributed by atoms with Crippen molar-refractivity contribution in [2.24, 2.45) is 0 Å². The number of aromatic nitrogens is 1. The highest BCUT2D eigenvalue weighted by molar-refractivity contribution is 7.80. The zero-order chi connectivity index (χ0) is 23.9. The van der Waals surface area contributed by atoms with Crippen LogP contribution < -0.4 is 10.6 Å². The smallest absolute Gasteiger partial charge is 0.257 e. The molecule has 168 valence electrons. The number of carbonyl (C=O) groups excluding carboxylic acids is 1. The summed E-state index contributed by atoms with van der Waals surface area (Å²) < 4.78 is 86.4. The van der Waals surface area contributed by atoms with Gasteiger partial charge in [0.05, 0.1) is 0 Å². The van der Waals surface area contributed by atoms with Crippen molar-refractivity contribution in [2.75, 3.05) is 5.32 Å². The number of hydrogen-bond acceptors (Lipinski definition) is 4. The number of rotatable bonds is 3. The number of halogens is 6. The molecule has 1 aromatic heterocycles. The van der Waals surface area contributed by atoms with Gasteiger partial charge in [0.25, 0.3) is 5.91 Å². The summed E-state index contributed by atoms with van der Waals surface area (Å²) in [5.74, 6) is -12.7. The average molecular weight is 481 g/mol. The number of oxazole rings is 1. The van der Waals surface area contributed by atoms with Gasteiger partial charge in [0.1, 0.15) is 16.9 Å².